The number of unbranched alkanes of at least 4 members (excludes halogenated alkanes) is 1. The first-order chi connectivity index (χ1) is 16.2. The molecule has 170 valence electrons. The summed E-state index contributed by atoms with van der Waals surface area (Å²) in [6, 6.07) is 22.4. The van der Waals surface area contributed by atoms with E-state index in [1.165, 1.54) is 24.8 Å². The highest BCUT2D eigenvalue weighted by Crippen LogP contribution is 2.35. The van der Waals surface area contributed by atoms with E-state index in [-0.39, 0.29) is 5.91 Å². The van der Waals surface area contributed by atoms with Crippen molar-refractivity contribution in [3.63, 3.8) is 0 Å². The van der Waals surface area contributed by atoms with Crippen molar-refractivity contribution in [2.24, 2.45) is 0 Å². The molecule has 0 aromatic heterocycles. The predicted molar refractivity (Wildman–Crippen MR) is 133 cm³/mol. The zero-order valence-corrected chi connectivity index (χ0v) is 19.1. The minimum absolute atomic E-state index is 0.0709. The molecule has 1 N–H and O–H groups in total. The van der Waals surface area contributed by atoms with Gasteiger partial charge < -0.3 is 10.0 Å². The van der Waals surface area contributed by atoms with E-state index in [4.69, 9.17) is 0 Å². The number of nitrogens with zero attached hydrogens (tertiary/aromatic N) is 2. The molecule has 0 radical (unpaired) electrons. The van der Waals surface area contributed by atoms with Crippen LogP contribution >= 0.6 is 0 Å². The van der Waals surface area contributed by atoms with Crippen LogP contribution in [0.1, 0.15) is 53.4 Å². The lowest BCUT2D eigenvalue weighted by Gasteiger charge is -2.36. The van der Waals surface area contributed by atoms with Crippen LogP contribution < -0.4 is 0 Å². The van der Waals surface area contributed by atoms with Crippen LogP contribution in [0.15, 0.2) is 78.4 Å². The Morgan fingerprint density at radius 2 is 1.67 bits per heavy atom. The number of amides is 1. The van der Waals surface area contributed by atoms with Gasteiger partial charge in [-0.1, -0.05) is 72.3 Å². The molecule has 1 unspecified atom stereocenters. The van der Waals surface area contributed by atoms with Crippen molar-refractivity contribution in [3.8, 4) is 0 Å². The molecule has 0 fully saturated rings. The first kappa shape index (κ1) is 21.9. The number of aryl methyl sites for hydroxylation is 1. The Morgan fingerprint density at radius 3 is 2.45 bits per heavy atom. The molecule has 2 heterocycles. The molecule has 3 aromatic carbocycles. The third kappa shape index (κ3) is 4.73. The highest BCUT2D eigenvalue weighted by atomic mass is 16.3. The number of aliphatic hydroxyl groups is 1. The van der Waals surface area contributed by atoms with Gasteiger partial charge in [0, 0.05) is 42.7 Å². The lowest BCUT2D eigenvalue weighted by Crippen LogP contribution is -2.43. The van der Waals surface area contributed by atoms with Gasteiger partial charge in [0.05, 0.1) is 0 Å². The number of aliphatic hydroxyl groups excluding tert-OH is 1. The molecule has 4 heteroatoms. The average Bonchev–Trinajstić information content (AvgIpc) is 2.86. The standard InChI is InChI=1S/C29H32N2O2/c32-28-25-14-6-12-24-13-7-15-26(27(24)25)29(33)31(28)21-20-30-18-16-23(17-19-30)11-5-4-10-22-8-2-1-3-9-22/h1-3,6-9,12-16,28,32H,4-5,10-11,17-21H2. The molecule has 4 nitrogen and oxygen atoms in total. The zero-order valence-electron chi connectivity index (χ0n) is 19.1. The number of benzene rings is 3. The van der Waals surface area contributed by atoms with E-state index in [0.717, 1.165) is 48.8 Å². The monoisotopic (exact) mass is 440 g/mol. The van der Waals surface area contributed by atoms with Crippen LogP contribution in [0.25, 0.3) is 10.8 Å². The fourth-order valence-electron chi connectivity index (χ4n) is 5.18. The van der Waals surface area contributed by atoms with E-state index in [2.05, 4.69) is 41.3 Å². The van der Waals surface area contributed by atoms with Crippen molar-refractivity contribution >= 4 is 16.7 Å². The third-order valence-electron chi connectivity index (χ3n) is 7.10. The molecule has 1 amide bonds. The van der Waals surface area contributed by atoms with Crippen LogP contribution in [0.2, 0.25) is 0 Å². The number of carbonyl (C=O) groups is 1. The Labute approximate surface area is 196 Å². The second-order valence-electron chi connectivity index (χ2n) is 9.23. The van der Waals surface area contributed by atoms with Gasteiger partial charge in [-0.15, -0.1) is 0 Å². The Bertz CT molecular complexity index is 1150. The van der Waals surface area contributed by atoms with E-state index >= 15 is 0 Å². The molecule has 0 spiro atoms. The Balaban J connectivity index is 1.12. The van der Waals surface area contributed by atoms with Crippen molar-refractivity contribution < 1.29 is 9.90 Å². The molecule has 0 bridgehead atoms. The summed E-state index contributed by atoms with van der Waals surface area (Å²) in [6.45, 7) is 3.26. The number of rotatable bonds is 8. The van der Waals surface area contributed by atoms with Gasteiger partial charge >= 0.3 is 0 Å². The molecule has 1 atom stereocenters. The Hall–Kier alpha value is -2.95. The van der Waals surface area contributed by atoms with Gasteiger partial charge in [0.15, 0.2) is 6.23 Å². The minimum atomic E-state index is -0.878. The highest BCUT2D eigenvalue weighted by molar-refractivity contribution is 6.10. The van der Waals surface area contributed by atoms with Crippen molar-refractivity contribution in [2.75, 3.05) is 26.2 Å². The summed E-state index contributed by atoms with van der Waals surface area (Å²) in [6.07, 6.45) is 7.40. The summed E-state index contributed by atoms with van der Waals surface area (Å²) >= 11 is 0. The van der Waals surface area contributed by atoms with Crippen LogP contribution in [-0.4, -0.2) is 47.0 Å². The second-order valence-corrected chi connectivity index (χ2v) is 9.23. The summed E-state index contributed by atoms with van der Waals surface area (Å²) < 4.78 is 0. The first-order valence-corrected chi connectivity index (χ1v) is 12.2. The summed E-state index contributed by atoms with van der Waals surface area (Å²) in [5.74, 6) is -0.0709. The van der Waals surface area contributed by atoms with Gasteiger partial charge in [-0.3, -0.25) is 9.69 Å². The molecular weight excluding hydrogens is 408 g/mol. The maximum absolute atomic E-state index is 13.1. The second kappa shape index (κ2) is 9.90. The number of carbonyl (C=O) groups excluding carboxylic acids is 1. The molecule has 2 aliphatic rings. The average molecular weight is 441 g/mol. The quantitative estimate of drug-likeness (QED) is 0.380. The van der Waals surface area contributed by atoms with E-state index in [9.17, 15) is 9.90 Å². The third-order valence-corrected chi connectivity index (χ3v) is 7.10. The van der Waals surface area contributed by atoms with Gasteiger partial charge in [-0.25, -0.2) is 0 Å². The van der Waals surface area contributed by atoms with Gasteiger partial charge in [0.25, 0.3) is 5.91 Å². The van der Waals surface area contributed by atoms with Crippen LogP contribution in [-0.2, 0) is 6.42 Å². The molecule has 33 heavy (non-hydrogen) atoms. The Morgan fingerprint density at radius 1 is 0.879 bits per heavy atom. The molecule has 5 rings (SSSR count). The summed E-state index contributed by atoms with van der Waals surface area (Å²) in [4.78, 5) is 17.1. The molecular formula is C29H32N2O2. The normalized spacial score (nSPS) is 18.6. The Kier molecular flexibility index (Phi) is 6.56. The van der Waals surface area contributed by atoms with E-state index in [1.807, 2.05) is 36.4 Å². The van der Waals surface area contributed by atoms with Crippen LogP contribution in [0, 0.1) is 0 Å². The van der Waals surface area contributed by atoms with Crippen LogP contribution in [0.4, 0.5) is 0 Å². The van der Waals surface area contributed by atoms with Crippen molar-refractivity contribution in [2.45, 2.75) is 38.3 Å². The van der Waals surface area contributed by atoms with E-state index in [1.54, 1.807) is 10.5 Å². The lowest BCUT2D eigenvalue weighted by molar-refractivity contribution is 0.00143. The predicted octanol–water partition coefficient (Wildman–Crippen LogP) is 5.33. The maximum atomic E-state index is 13.1. The number of hydrogen-bond acceptors (Lipinski definition) is 3. The van der Waals surface area contributed by atoms with Gasteiger partial charge in [0.1, 0.15) is 0 Å². The SMILES string of the molecule is O=C1c2cccc3cccc(c23)C(O)N1CCN1CC=C(CCCCc2ccccc2)CC1. The minimum Gasteiger partial charge on any atom is -0.369 e. The molecule has 2 aliphatic heterocycles. The topological polar surface area (TPSA) is 43.8 Å². The maximum Gasteiger partial charge on any atom is 0.256 e. The van der Waals surface area contributed by atoms with E-state index in [0.29, 0.717) is 12.1 Å². The van der Waals surface area contributed by atoms with Crippen LogP contribution in [0.3, 0.4) is 0 Å². The number of hydrogen-bond donors (Lipinski definition) is 1. The molecule has 3 aromatic rings. The zero-order chi connectivity index (χ0) is 22.6. The lowest BCUT2D eigenvalue weighted by atomic mass is 9.93. The largest absolute Gasteiger partial charge is 0.369 e. The molecule has 0 saturated heterocycles. The van der Waals surface area contributed by atoms with E-state index < -0.39 is 6.23 Å². The van der Waals surface area contributed by atoms with Gasteiger partial charge in [0.2, 0.25) is 0 Å². The fraction of sp³-hybridized carbons (Fsp3) is 0.345. The van der Waals surface area contributed by atoms with Crippen LogP contribution in [0.5, 0.6) is 0 Å². The smallest absolute Gasteiger partial charge is 0.256 e. The van der Waals surface area contributed by atoms with Crippen molar-refractivity contribution in [1.82, 2.24) is 9.80 Å². The molecule has 0 saturated carbocycles. The highest BCUT2D eigenvalue weighted by Gasteiger charge is 2.32. The van der Waals surface area contributed by atoms with Gasteiger partial charge in [-0.2, -0.15) is 0 Å². The summed E-state index contributed by atoms with van der Waals surface area (Å²) in [7, 11) is 0. The van der Waals surface area contributed by atoms with Gasteiger partial charge in [-0.05, 0) is 49.1 Å². The fourth-order valence-corrected chi connectivity index (χ4v) is 5.18. The van der Waals surface area contributed by atoms with Crippen molar-refractivity contribution in [3.05, 3.63) is 95.1 Å². The van der Waals surface area contributed by atoms with Crippen molar-refractivity contribution in [1.29, 1.82) is 0 Å². The summed E-state index contributed by atoms with van der Waals surface area (Å²) in [5.41, 5.74) is 4.52. The molecule has 0 aliphatic carbocycles. The first-order valence-electron chi connectivity index (χ1n) is 12.2. The summed E-state index contributed by atoms with van der Waals surface area (Å²) in [5, 5.41) is 12.9.